The van der Waals surface area contributed by atoms with E-state index >= 15 is 0 Å². The molecule has 1 heterocycles. The van der Waals surface area contributed by atoms with Crippen molar-refractivity contribution in [1.29, 1.82) is 0 Å². The molecule has 0 radical (unpaired) electrons. The second kappa shape index (κ2) is 10.9. The summed E-state index contributed by atoms with van der Waals surface area (Å²) in [5, 5.41) is 3.34. The van der Waals surface area contributed by atoms with E-state index in [0.717, 1.165) is 55.7 Å². The van der Waals surface area contributed by atoms with Crippen LogP contribution in [0.15, 0.2) is 46.8 Å². The quantitative estimate of drug-likeness (QED) is 0.437. The number of hydrogen-bond acceptors (Lipinski definition) is 7. The van der Waals surface area contributed by atoms with E-state index in [4.69, 9.17) is 9.47 Å². The third kappa shape index (κ3) is 4.80. The van der Waals surface area contributed by atoms with Crippen LogP contribution in [-0.2, 0) is 23.9 Å². The van der Waals surface area contributed by atoms with Crippen molar-refractivity contribution in [2.45, 2.75) is 71.8 Å². The fourth-order valence-corrected chi connectivity index (χ4v) is 5.97. The molecular weight excluding hydrogens is 456 g/mol. The van der Waals surface area contributed by atoms with E-state index in [2.05, 4.69) is 24.1 Å². The smallest absolute Gasteiger partial charge is 0.337 e. The maximum Gasteiger partial charge on any atom is 0.337 e. The standard InChI is InChI=1S/C29H38N2O5/c1-6-31(7-2)20-14-12-19(13-15-20)25-24(29(34)36-21-10-8-9-11-21)18(4)30-22-16-17(3)23(28(33)35-5)27(32)26(22)25/h12-15,17,21,23,25,30H,6-11,16H2,1-5H3. The molecule has 7 nitrogen and oxygen atoms in total. The van der Waals surface area contributed by atoms with E-state index in [-0.39, 0.29) is 17.8 Å². The summed E-state index contributed by atoms with van der Waals surface area (Å²) in [7, 11) is 1.31. The van der Waals surface area contributed by atoms with E-state index in [1.54, 1.807) is 0 Å². The van der Waals surface area contributed by atoms with Crippen LogP contribution in [0.1, 0.15) is 71.3 Å². The van der Waals surface area contributed by atoms with Crippen molar-refractivity contribution in [1.82, 2.24) is 5.32 Å². The molecule has 1 N–H and O–H groups in total. The van der Waals surface area contributed by atoms with Gasteiger partial charge in [0, 0.05) is 41.7 Å². The Bertz CT molecular complexity index is 1080. The number of carbonyl (C=O) groups is 3. The third-order valence-corrected chi connectivity index (χ3v) is 7.89. The van der Waals surface area contributed by atoms with E-state index in [1.165, 1.54) is 7.11 Å². The molecule has 0 spiro atoms. The minimum atomic E-state index is -0.890. The molecule has 3 aliphatic rings. The van der Waals surface area contributed by atoms with Gasteiger partial charge in [-0.3, -0.25) is 9.59 Å². The summed E-state index contributed by atoms with van der Waals surface area (Å²) >= 11 is 0. The van der Waals surface area contributed by atoms with Crippen molar-refractivity contribution in [3.63, 3.8) is 0 Å². The molecule has 0 saturated heterocycles. The molecule has 0 amide bonds. The number of benzene rings is 1. The largest absolute Gasteiger partial charge is 0.468 e. The van der Waals surface area contributed by atoms with E-state index < -0.39 is 23.8 Å². The summed E-state index contributed by atoms with van der Waals surface area (Å²) in [5.74, 6) is -2.90. The molecule has 0 aromatic heterocycles. The molecule has 1 fully saturated rings. The van der Waals surface area contributed by atoms with Crippen molar-refractivity contribution in [3.05, 3.63) is 52.4 Å². The Hall–Kier alpha value is -3.09. The van der Waals surface area contributed by atoms with Gasteiger partial charge in [-0.25, -0.2) is 4.79 Å². The molecule has 1 saturated carbocycles. The number of nitrogens with zero attached hydrogens (tertiary/aromatic N) is 1. The zero-order valence-electron chi connectivity index (χ0n) is 22.1. The Morgan fingerprint density at radius 2 is 1.72 bits per heavy atom. The molecular formula is C29H38N2O5. The van der Waals surface area contributed by atoms with Gasteiger partial charge >= 0.3 is 11.9 Å². The number of allylic oxidation sites excluding steroid dienone is 3. The van der Waals surface area contributed by atoms with Gasteiger partial charge in [0.05, 0.1) is 12.7 Å². The lowest BCUT2D eigenvalue weighted by molar-refractivity contribution is -0.151. The first-order valence-electron chi connectivity index (χ1n) is 13.2. The van der Waals surface area contributed by atoms with Gasteiger partial charge in [0.2, 0.25) is 0 Å². The van der Waals surface area contributed by atoms with Gasteiger partial charge in [0.1, 0.15) is 12.0 Å². The van der Waals surface area contributed by atoms with Gasteiger partial charge in [0.25, 0.3) is 0 Å². The average molecular weight is 495 g/mol. The van der Waals surface area contributed by atoms with Crippen molar-refractivity contribution in [2.24, 2.45) is 11.8 Å². The van der Waals surface area contributed by atoms with Crippen LogP contribution in [0.3, 0.4) is 0 Å². The van der Waals surface area contributed by atoms with Crippen LogP contribution in [-0.4, -0.2) is 44.0 Å². The van der Waals surface area contributed by atoms with Crippen LogP contribution in [0.5, 0.6) is 0 Å². The average Bonchev–Trinajstić information content (AvgIpc) is 3.37. The van der Waals surface area contributed by atoms with Crippen LogP contribution < -0.4 is 10.2 Å². The van der Waals surface area contributed by atoms with E-state index in [1.807, 2.05) is 38.1 Å². The van der Waals surface area contributed by atoms with Crippen LogP contribution in [0, 0.1) is 11.8 Å². The lowest BCUT2D eigenvalue weighted by Crippen LogP contribution is -2.43. The summed E-state index contributed by atoms with van der Waals surface area (Å²) in [4.78, 5) is 42.3. The number of esters is 2. The molecule has 2 aliphatic carbocycles. The molecule has 1 aromatic rings. The molecule has 194 valence electrons. The molecule has 36 heavy (non-hydrogen) atoms. The topological polar surface area (TPSA) is 84.9 Å². The Kier molecular flexibility index (Phi) is 7.86. The third-order valence-electron chi connectivity index (χ3n) is 7.89. The fraction of sp³-hybridized carbons (Fsp3) is 0.552. The minimum absolute atomic E-state index is 0.0937. The van der Waals surface area contributed by atoms with Crippen molar-refractivity contribution in [3.8, 4) is 0 Å². The molecule has 4 rings (SSSR count). The summed E-state index contributed by atoms with van der Waals surface area (Å²) in [6.45, 7) is 9.75. The Morgan fingerprint density at radius 1 is 1.08 bits per heavy atom. The number of rotatable bonds is 7. The number of methoxy groups -OCH3 is 1. The molecule has 3 unspecified atom stereocenters. The van der Waals surface area contributed by atoms with Crippen LogP contribution in [0.2, 0.25) is 0 Å². The Balaban J connectivity index is 1.79. The highest BCUT2D eigenvalue weighted by Gasteiger charge is 2.47. The van der Waals surface area contributed by atoms with Gasteiger partial charge in [-0.1, -0.05) is 19.1 Å². The summed E-state index contributed by atoms with van der Waals surface area (Å²) in [6, 6.07) is 8.05. The predicted octanol–water partition coefficient (Wildman–Crippen LogP) is 4.63. The van der Waals surface area contributed by atoms with E-state index in [9.17, 15) is 14.4 Å². The number of Topliss-reactive ketones (excluding diaryl/α,β-unsaturated/α-hetero) is 1. The van der Waals surface area contributed by atoms with Gasteiger partial charge in [0.15, 0.2) is 5.78 Å². The molecule has 1 aliphatic heterocycles. The zero-order valence-corrected chi connectivity index (χ0v) is 22.1. The van der Waals surface area contributed by atoms with Gasteiger partial charge in [-0.05, 0) is 76.5 Å². The number of ether oxygens (including phenoxy) is 2. The van der Waals surface area contributed by atoms with Gasteiger partial charge < -0.3 is 19.7 Å². The second-order valence-electron chi connectivity index (χ2n) is 10.1. The first kappa shape index (κ1) is 26.0. The number of ketones is 1. The predicted molar refractivity (Wildman–Crippen MR) is 138 cm³/mol. The summed E-state index contributed by atoms with van der Waals surface area (Å²) < 4.78 is 10.9. The summed E-state index contributed by atoms with van der Waals surface area (Å²) in [6.07, 6.45) is 4.27. The molecule has 1 aromatic carbocycles. The van der Waals surface area contributed by atoms with Gasteiger partial charge in [-0.15, -0.1) is 0 Å². The maximum atomic E-state index is 13.9. The highest BCUT2D eigenvalue weighted by Crippen LogP contribution is 2.46. The second-order valence-corrected chi connectivity index (χ2v) is 10.1. The highest BCUT2D eigenvalue weighted by molar-refractivity contribution is 6.12. The summed E-state index contributed by atoms with van der Waals surface area (Å²) in [5.41, 5.74) is 4.32. The minimum Gasteiger partial charge on any atom is -0.468 e. The fourth-order valence-electron chi connectivity index (χ4n) is 5.97. The molecule has 7 heteroatoms. The monoisotopic (exact) mass is 494 g/mol. The number of nitrogens with one attached hydrogen (secondary N) is 1. The number of carbonyl (C=O) groups excluding carboxylic acids is 3. The Morgan fingerprint density at radius 3 is 2.31 bits per heavy atom. The van der Waals surface area contributed by atoms with E-state index in [0.29, 0.717) is 23.3 Å². The van der Waals surface area contributed by atoms with Crippen LogP contribution >= 0.6 is 0 Å². The molecule has 0 bridgehead atoms. The number of anilines is 1. The van der Waals surface area contributed by atoms with Gasteiger partial charge in [-0.2, -0.15) is 0 Å². The normalized spacial score (nSPS) is 24.4. The first-order chi connectivity index (χ1) is 17.3. The lowest BCUT2D eigenvalue weighted by atomic mass is 9.69. The highest BCUT2D eigenvalue weighted by atomic mass is 16.5. The van der Waals surface area contributed by atoms with Crippen molar-refractivity contribution < 1.29 is 23.9 Å². The number of dihydropyridines is 1. The van der Waals surface area contributed by atoms with Crippen LogP contribution in [0.4, 0.5) is 5.69 Å². The van der Waals surface area contributed by atoms with Crippen molar-refractivity contribution >= 4 is 23.4 Å². The van der Waals surface area contributed by atoms with Crippen LogP contribution in [0.25, 0.3) is 0 Å². The zero-order chi connectivity index (χ0) is 26.0. The SMILES string of the molecule is CCN(CC)c1ccc(C2C(C(=O)OC3CCCC3)=C(C)NC3=C2C(=O)C(C(=O)OC)C(C)C3)cc1. The lowest BCUT2D eigenvalue weighted by Gasteiger charge is -2.38. The maximum absolute atomic E-state index is 13.9. The number of hydrogen-bond donors (Lipinski definition) is 1. The first-order valence-corrected chi connectivity index (χ1v) is 13.2. The van der Waals surface area contributed by atoms with Crippen molar-refractivity contribution in [2.75, 3.05) is 25.1 Å². The molecule has 3 atom stereocenters. The Labute approximate surface area is 213 Å².